The molecule has 0 radical (unpaired) electrons. The maximum atomic E-state index is 13.0. The Morgan fingerprint density at radius 1 is 1.30 bits per heavy atom. The average Bonchev–Trinajstić information content (AvgIpc) is 3.01. The van der Waals surface area contributed by atoms with Crippen LogP contribution in [0.15, 0.2) is 24.5 Å². The third-order valence-electron chi connectivity index (χ3n) is 5.57. The van der Waals surface area contributed by atoms with Crippen LogP contribution in [0.5, 0.6) is 0 Å². The number of carbonyl (C=O) groups excluding carboxylic acids is 2. The number of anilines is 1. The molecular formula is C20H25N5O2. The number of piperidine rings is 1. The molecule has 4 heterocycles. The van der Waals surface area contributed by atoms with Crippen LogP contribution in [0.2, 0.25) is 0 Å². The van der Waals surface area contributed by atoms with Gasteiger partial charge in [-0.2, -0.15) is 5.10 Å². The molecule has 4 rings (SSSR count). The number of aromatic nitrogens is 3. The molecule has 1 N–H and O–H groups in total. The van der Waals surface area contributed by atoms with E-state index in [4.69, 9.17) is 0 Å². The minimum absolute atomic E-state index is 0.0744. The van der Waals surface area contributed by atoms with E-state index >= 15 is 0 Å². The number of carbonyl (C=O) groups is 2. The van der Waals surface area contributed by atoms with E-state index in [1.54, 1.807) is 17.3 Å². The molecule has 0 bridgehead atoms. The zero-order chi connectivity index (χ0) is 19.0. The molecule has 142 valence electrons. The summed E-state index contributed by atoms with van der Waals surface area (Å²) in [6, 6.07) is 3.48. The van der Waals surface area contributed by atoms with Gasteiger partial charge in [0.25, 0.3) is 5.91 Å². The van der Waals surface area contributed by atoms with Crippen molar-refractivity contribution < 1.29 is 9.59 Å². The number of hydrogen-bond donors (Lipinski definition) is 1. The van der Waals surface area contributed by atoms with E-state index in [1.807, 2.05) is 23.7 Å². The van der Waals surface area contributed by atoms with Gasteiger partial charge in [-0.3, -0.25) is 19.3 Å². The number of rotatable bonds is 3. The van der Waals surface area contributed by atoms with Gasteiger partial charge < -0.3 is 10.2 Å². The highest BCUT2D eigenvalue weighted by atomic mass is 16.2. The topological polar surface area (TPSA) is 80.1 Å². The standard InChI is InChI=1S/C20H25N5O2/c1-13-6-3-9-17-18(14(2)23-25(13)17)19(26)22-16-8-5-11-24(20(16)27)15-7-4-10-21-12-15/h4,7,10,12-13,16H,3,5-6,8-9,11H2,1-2H3,(H,22,26). The molecule has 2 aliphatic heterocycles. The van der Waals surface area contributed by atoms with Crippen molar-refractivity contribution in [3.63, 3.8) is 0 Å². The number of nitrogens with one attached hydrogen (secondary N) is 1. The second-order valence-electron chi connectivity index (χ2n) is 7.46. The van der Waals surface area contributed by atoms with Gasteiger partial charge in [0.1, 0.15) is 6.04 Å². The molecule has 27 heavy (non-hydrogen) atoms. The highest BCUT2D eigenvalue weighted by Crippen LogP contribution is 2.28. The average molecular weight is 367 g/mol. The van der Waals surface area contributed by atoms with Gasteiger partial charge in [0.15, 0.2) is 0 Å². The normalized spacial score (nSPS) is 22.4. The maximum Gasteiger partial charge on any atom is 0.255 e. The second kappa shape index (κ2) is 7.13. The minimum Gasteiger partial charge on any atom is -0.340 e. The molecule has 7 heteroatoms. The predicted molar refractivity (Wildman–Crippen MR) is 102 cm³/mol. The van der Waals surface area contributed by atoms with Crippen molar-refractivity contribution in [2.75, 3.05) is 11.4 Å². The Bertz CT molecular complexity index is 861. The van der Waals surface area contributed by atoms with Crippen LogP contribution >= 0.6 is 0 Å². The molecule has 0 aliphatic carbocycles. The molecule has 0 spiro atoms. The zero-order valence-electron chi connectivity index (χ0n) is 15.8. The van der Waals surface area contributed by atoms with Gasteiger partial charge in [-0.05, 0) is 58.1 Å². The number of amides is 2. The number of hydrogen-bond acceptors (Lipinski definition) is 4. The minimum atomic E-state index is -0.512. The van der Waals surface area contributed by atoms with Crippen LogP contribution in [0.3, 0.4) is 0 Å². The third kappa shape index (κ3) is 3.22. The van der Waals surface area contributed by atoms with Crippen molar-refractivity contribution in [3.8, 4) is 0 Å². The van der Waals surface area contributed by atoms with Gasteiger partial charge in [-0.15, -0.1) is 0 Å². The second-order valence-corrected chi connectivity index (χ2v) is 7.46. The lowest BCUT2D eigenvalue weighted by atomic mass is 9.99. The van der Waals surface area contributed by atoms with Crippen molar-refractivity contribution in [1.29, 1.82) is 0 Å². The Labute approximate surface area is 158 Å². The van der Waals surface area contributed by atoms with Crippen LogP contribution in [-0.2, 0) is 11.2 Å². The number of pyridine rings is 1. The van der Waals surface area contributed by atoms with E-state index in [2.05, 4.69) is 22.3 Å². The zero-order valence-corrected chi connectivity index (χ0v) is 15.8. The molecule has 7 nitrogen and oxygen atoms in total. The number of nitrogens with zero attached hydrogens (tertiary/aromatic N) is 4. The van der Waals surface area contributed by atoms with Gasteiger partial charge in [0.05, 0.1) is 28.8 Å². The van der Waals surface area contributed by atoms with Crippen LogP contribution < -0.4 is 10.2 Å². The fourth-order valence-electron chi connectivity index (χ4n) is 4.19. The van der Waals surface area contributed by atoms with Crippen LogP contribution in [0, 0.1) is 6.92 Å². The maximum absolute atomic E-state index is 13.0. The molecule has 2 aromatic rings. The highest BCUT2D eigenvalue weighted by Gasteiger charge is 2.33. The van der Waals surface area contributed by atoms with Crippen molar-refractivity contribution >= 4 is 17.5 Å². The summed E-state index contributed by atoms with van der Waals surface area (Å²) in [5, 5.41) is 7.55. The Morgan fingerprint density at radius 2 is 2.15 bits per heavy atom. The van der Waals surface area contributed by atoms with Crippen molar-refractivity contribution in [2.45, 2.75) is 58.0 Å². The number of aryl methyl sites for hydroxylation is 1. The van der Waals surface area contributed by atoms with Crippen LogP contribution in [-0.4, -0.2) is 39.2 Å². The lowest BCUT2D eigenvalue weighted by Crippen LogP contribution is -2.52. The Balaban J connectivity index is 1.54. The fourth-order valence-corrected chi connectivity index (χ4v) is 4.19. The molecule has 2 aliphatic rings. The van der Waals surface area contributed by atoms with E-state index in [-0.39, 0.29) is 11.8 Å². The molecule has 0 saturated carbocycles. The summed E-state index contributed by atoms with van der Waals surface area (Å²) >= 11 is 0. The van der Waals surface area contributed by atoms with E-state index in [9.17, 15) is 9.59 Å². The summed E-state index contributed by atoms with van der Waals surface area (Å²) in [6.45, 7) is 4.65. The number of fused-ring (bicyclic) bond motifs is 1. The van der Waals surface area contributed by atoms with Gasteiger partial charge in [0.2, 0.25) is 5.91 Å². The largest absolute Gasteiger partial charge is 0.340 e. The van der Waals surface area contributed by atoms with E-state index in [0.717, 1.165) is 42.8 Å². The van der Waals surface area contributed by atoms with Gasteiger partial charge in [-0.1, -0.05) is 0 Å². The molecule has 2 atom stereocenters. The van der Waals surface area contributed by atoms with Crippen molar-refractivity contribution in [3.05, 3.63) is 41.5 Å². The third-order valence-corrected chi connectivity index (χ3v) is 5.57. The molecular weight excluding hydrogens is 342 g/mol. The summed E-state index contributed by atoms with van der Waals surface area (Å²) in [6.07, 6.45) is 7.86. The predicted octanol–water partition coefficient (Wildman–Crippen LogP) is 2.41. The quantitative estimate of drug-likeness (QED) is 0.903. The van der Waals surface area contributed by atoms with Crippen molar-refractivity contribution in [2.24, 2.45) is 0 Å². The SMILES string of the molecule is Cc1nn2c(c1C(=O)NC1CCCN(c3cccnc3)C1=O)CCCC2C. The Morgan fingerprint density at radius 3 is 2.93 bits per heavy atom. The summed E-state index contributed by atoms with van der Waals surface area (Å²) in [5.74, 6) is -0.260. The van der Waals surface area contributed by atoms with Gasteiger partial charge >= 0.3 is 0 Å². The first-order valence-corrected chi connectivity index (χ1v) is 9.66. The molecule has 0 aromatic carbocycles. The summed E-state index contributed by atoms with van der Waals surface area (Å²) in [7, 11) is 0. The van der Waals surface area contributed by atoms with Crippen molar-refractivity contribution in [1.82, 2.24) is 20.1 Å². The Kier molecular flexibility index (Phi) is 4.68. The molecule has 1 saturated heterocycles. The Hall–Kier alpha value is -2.70. The summed E-state index contributed by atoms with van der Waals surface area (Å²) in [4.78, 5) is 31.7. The molecule has 2 amide bonds. The van der Waals surface area contributed by atoms with Crippen LogP contribution in [0.1, 0.15) is 60.4 Å². The summed E-state index contributed by atoms with van der Waals surface area (Å²) in [5.41, 5.74) is 3.15. The first-order valence-electron chi connectivity index (χ1n) is 9.66. The fraction of sp³-hybridized carbons (Fsp3) is 0.500. The molecule has 1 fully saturated rings. The first-order chi connectivity index (χ1) is 13.1. The smallest absolute Gasteiger partial charge is 0.255 e. The van der Waals surface area contributed by atoms with Gasteiger partial charge in [0, 0.05) is 18.8 Å². The lowest BCUT2D eigenvalue weighted by Gasteiger charge is -2.32. The first kappa shape index (κ1) is 17.7. The molecule has 2 aromatic heterocycles. The summed E-state index contributed by atoms with van der Waals surface area (Å²) < 4.78 is 1.98. The molecule has 2 unspecified atom stereocenters. The van der Waals surface area contributed by atoms with E-state index < -0.39 is 6.04 Å². The highest BCUT2D eigenvalue weighted by molar-refractivity contribution is 6.03. The lowest BCUT2D eigenvalue weighted by molar-refractivity contribution is -0.121. The monoisotopic (exact) mass is 367 g/mol. The van der Waals surface area contributed by atoms with Crippen LogP contribution in [0.4, 0.5) is 5.69 Å². The van der Waals surface area contributed by atoms with Crippen LogP contribution in [0.25, 0.3) is 0 Å². The van der Waals surface area contributed by atoms with E-state index in [0.29, 0.717) is 24.6 Å². The van der Waals surface area contributed by atoms with E-state index in [1.165, 1.54) is 0 Å². The van der Waals surface area contributed by atoms with Gasteiger partial charge in [-0.25, -0.2) is 0 Å².